The molecule has 1 nitrogen and oxygen atoms in total. The molecule has 2 aromatic rings. The third-order valence-corrected chi connectivity index (χ3v) is 3.98. The lowest BCUT2D eigenvalue weighted by Gasteiger charge is -2.13. The molecule has 2 aromatic carbocycles. The van der Waals surface area contributed by atoms with Gasteiger partial charge in [0.25, 0.3) is 0 Å². The maximum atomic E-state index is 13.5. The van der Waals surface area contributed by atoms with E-state index in [1.54, 1.807) is 37.3 Å². The molecule has 0 aromatic heterocycles. The van der Waals surface area contributed by atoms with Crippen LogP contribution in [0.5, 0.6) is 0 Å². The standard InChI is InChI=1S/C14H11BrClFO/c1-8-2-3-10(7-13(8)17)14(18)9-4-5-12(16)11(15)6-9/h2-7,14,18H,1H3. The van der Waals surface area contributed by atoms with Crippen molar-refractivity contribution in [1.82, 2.24) is 0 Å². The van der Waals surface area contributed by atoms with Crippen LogP contribution in [0.1, 0.15) is 22.8 Å². The van der Waals surface area contributed by atoms with Crippen LogP contribution in [0, 0.1) is 12.7 Å². The molecule has 1 unspecified atom stereocenters. The number of hydrogen-bond donors (Lipinski definition) is 1. The number of hydrogen-bond acceptors (Lipinski definition) is 1. The van der Waals surface area contributed by atoms with Gasteiger partial charge in [0.15, 0.2) is 0 Å². The topological polar surface area (TPSA) is 20.2 Å². The van der Waals surface area contributed by atoms with E-state index in [4.69, 9.17) is 11.6 Å². The smallest absolute Gasteiger partial charge is 0.126 e. The van der Waals surface area contributed by atoms with Crippen LogP contribution in [0.25, 0.3) is 0 Å². The first kappa shape index (κ1) is 13.5. The highest BCUT2D eigenvalue weighted by Gasteiger charge is 2.13. The van der Waals surface area contributed by atoms with E-state index >= 15 is 0 Å². The number of benzene rings is 2. The highest BCUT2D eigenvalue weighted by molar-refractivity contribution is 9.10. The highest BCUT2D eigenvalue weighted by atomic mass is 79.9. The second-order valence-electron chi connectivity index (χ2n) is 4.08. The van der Waals surface area contributed by atoms with Gasteiger partial charge in [-0.1, -0.05) is 29.8 Å². The lowest BCUT2D eigenvalue weighted by Crippen LogP contribution is -2.00. The average molecular weight is 330 g/mol. The van der Waals surface area contributed by atoms with E-state index in [9.17, 15) is 9.50 Å². The van der Waals surface area contributed by atoms with E-state index in [0.717, 1.165) is 0 Å². The van der Waals surface area contributed by atoms with Crippen LogP contribution in [0.15, 0.2) is 40.9 Å². The fourth-order valence-corrected chi connectivity index (χ4v) is 2.17. The van der Waals surface area contributed by atoms with Crippen LogP contribution in [0.3, 0.4) is 0 Å². The van der Waals surface area contributed by atoms with Gasteiger partial charge < -0.3 is 5.11 Å². The Morgan fingerprint density at radius 2 is 1.78 bits per heavy atom. The second-order valence-corrected chi connectivity index (χ2v) is 5.35. The maximum absolute atomic E-state index is 13.5. The van der Waals surface area contributed by atoms with E-state index in [-0.39, 0.29) is 5.82 Å². The van der Waals surface area contributed by atoms with E-state index < -0.39 is 6.10 Å². The van der Waals surface area contributed by atoms with Gasteiger partial charge in [-0.15, -0.1) is 0 Å². The summed E-state index contributed by atoms with van der Waals surface area (Å²) in [4.78, 5) is 0. The minimum atomic E-state index is -0.867. The zero-order chi connectivity index (χ0) is 13.3. The molecule has 2 rings (SSSR count). The van der Waals surface area contributed by atoms with Crippen molar-refractivity contribution in [3.05, 3.63) is 68.4 Å². The van der Waals surface area contributed by atoms with E-state index in [0.29, 0.717) is 26.2 Å². The van der Waals surface area contributed by atoms with Gasteiger partial charge in [-0.25, -0.2) is 4.39 Å². The maximum Gasteiger partial charge on any atom is 0.126 e. The van der Waals surface area contributed by atoms with Crippen LogP contribution >= 0.6 is 27.5 Å². The Labute approximate surface area is 118 Å². The molecule has 0 saturated carbocycles. The summed E-state index contributed by atoms with van der Waals surface area (Å²) in [5.41, 5.74) is 1.74. The van der Waals surface area contributed by atoms with E-state index in [2.05, 4.69) is 15.9 Å². The molecule has 0 spiro atoms. The van der Waals surface area contributed by atoms with E-state index in [1.165, 1.54) is 6.07 Å². The fraction of sp³-hybridized carbons (Fsp3) is 0.143. The normalized spacial score (nSPS) is 12.5. The Hall–Kier alpha value is -0.900. The summed E-state index contributed by atoms with van der Waals surface area (Å²) in [5, 5.41) is 10.8. The molecule has 0 saturated heterocycles. The van der Waals surface area contributed by atoms with Gasteiger partial charge in [0, 0.05) is 4.47 Å². The van der Waals surface area contributed by atoms with Gasteiger partial charge in [0.1, 0.15) is 11.9 Å². The molecule has 0 fully saturated rings. The van der Waals surface area contributed by atoms with Crippen LogP contribution < -0.4 is 0 Å². The predicted molar refractivity (Wildman–Crippen MR) is 74.4 cm³/mol. The zero-order valence-corrected chi connectivity index (χ0v) is 12.0. The molecule has 0 bridgehead atoms. The summed E-state index contributed by atoms with van der Waals surface area (Å²) in [6, 6.07) is 9.85. The SMILES string of the molecule is Cc1ccc(C(O)c2ccc(Cl)c(Br)c2)cc1F. The van der Waals surface area contributed by atoms with Gasteiger partial charge in [-0.2, -0.15) is 0 Å². The Balaban J connectivity index is 2.37. The molecule has 18 heavy (non-hydrogen) atoms. The number of aliphatic hydroxyl groups excluding tert-OH is 1. The molecule has 0 radical (unpaired) electrons. The van der Waals surface area contributed by atoms with Crippen molar-refractivity contribution in [2.45, 2.75) is 13.0 Å². The summed E-state index contributed by atoms with van der Waals surface area (Å²) in [6.45, 7) is 1.68. The lowest BCUT2D eigenvalue weighted by atomic mass is 10.0. The van der Waals surface area contributed by atoms with Crippen molar-refractivity contribution < 1.29 is 9.50 Å². The van der Waals surface area contributed by atoms with Crippen LogP contribution in [0.2, 0.25) is 5.02 Å². The average Bonchev–Trinajstić information content (AvgIpc) is 2.35. The Morgan fingerprint density at radius 3 is 2.39 bits per heavy atom. The molecule has 94 valence electrons. The molecular formula is C14H11BrClFO. The van der Waals surface area contributed by atoms with Gasteiger partial charge in [0.2, 0.25) is 0 Å². The minimum Gasteiger partial charge on any atom is -0.384 e. The Morgan fingerprint density at radius 1 is 1.17 bits per heavy atom. The third kappa shape index (κ3) is 2.74. The van der Waals surface area contributed by atoms with Gasteiger partial charge in [0.05, 0.1) is 5.02 Å². The Kier molecular flexibility index (Phi) is 4.05. The first-order valence-corrected chi connectivity index (χ1v) is 6.55. The first-order chi connectivity index (χ1) is 8.49. The number of aliphatic hydroxyl groups is 1. The third-order valence-electron chi connectivity index (χ3n) is 2.77. The van der Waals surface area contributed by atoms with Crippen LogP contribution in [-0.4, -0.2) is 5.11 Å². The van der Waals surface area contributed by atoms with E-state index in [1.807, 2.05) is 0 Å². The number of aryl methyl sites for hydroxylation is 1. The van der Waals surface area contributed by atoms with Crippen molar-refractivity contribution in [2.75, 3.05) is 0 Å². The van der Waals surface area contributed by atoms with Gasteiger partial charge >= 0.3 is 0 Å². The molecule has 4 heteroatoms. The quantitative estimate of drug-likeness (QED) is 0.851. The number of rotatable bonds is 2. The van der Waals surface area contributed by atoms with Crippen molar-refractivity contribution in [1.29, 1.82) is 0 Å². The van der Waals surface area contributed by atoms with Crippen LogP contribution in [-0.2, 0) is 0 Å². The van der Waals surface area contributed by atoms with Crippen molar-refractivity contribution in [3.63, 3.8) is 0 Å². The molecule has 0 aliphatic rings. The zero-order valence-electron chi connectivity index (χ0n) is 9.62. The molecule has 0 aliphatic heterocycles. The van der Waals surface area contributed by atoms with Crippen molar-refractivity contribution >= 4 is 27.5 Å². The molecule has 0 amide bonds. The summed E-state index contributed by atoms with van der Waals surface area (Å²) >= 11 is 9.18. The summed E-state index contributed by atoms with van der Waals surface area (Å²) in [6.07, 6.45) is -0.867. The molecular weight excluding hydrogens is 319 g/mol. The summed E-state index contributed by atoms with van der Waals surface area (Å²) in [5.74, 6) is -0.320. The largest absolute Gasteiger partial charge is 0.384 e. The summed E-state index contributed by atoms with van der Waals surface area (Å²) in [7, 11) is 0. The Bertz CT molecular complexity index is 535. The second kappa shape index (κ2) is 5.39. The first-order valence-electron chi connectivity index (χ1n) is 5.38. The van der Waals surface area contributed by atoms with Crippen molar-refractivity contribution in [2.24, 2.45) is 0 Å². The molecule has 0 heterocycles. The molecule has 0 aliphatic carbocycles. The predicted octanol–water partition coefficient (Wildman–Crippen LogP) is 4.63. The monoisotopic (exact) mass is 328 g/mol. The van der Waals surface area contributed by atoms with Gasteiger partial charge in [-0.05, 0) is 57.7 Å². The lowest BCUT2D eigenvalue weighted by molar-refractivity contribution is 0.219. The highest BCUT2D eigenvalue weighted by Crippen LogP contribution is 2.29. The van der Waals surface area contributed by atoms with Crippen molar-refractivity contribution in [3.8, 4) is 0 Å². The molecule has 1 atom stereocenters. The van der Waals surface area contributed by atoms with Crippen LogP contribution in [0.4, 0.5) is 4.39 Å². The summed E-state index contributed by atoms with van der Waals surface area (Å²) < 4.78 is 14.2. The molecule has 1 N–H and O–H groups in total. The minimum absolute atomic E-state index is 0.320. The fourth-order valence-electron chi connectivity index (χ4n) is 1.65. The van der Waals surface area contributed by atoms with Gasteiger partial charge in [-0.3, -0.25) is 0 Å². The number of halogens is 3.